The van der Waals surface area contributed by atoms with Gasteiger partial charge in [-0.1, -0.05) is 42.5 Å². The fraction of sp³-hybridized carbons (Fsp3) is 0.167. The highest BCUT2D eigenvalue weighted by Gasteiger charge is 2.17. The minimum atomic E-state index is -0.476. The van der Waals surface area contributed by atoms with E-state index in [2.05, 4.69) is 4.98 Å². The van der Waals surface area contributed by atoms with E-state index < -0.39 is 5.97 Å². The molecule has 154 valence electrons. The predicted molar refractivity (Wildman–Crippen MR) is 117 cm³/mol. The summed E-state index contributed by atoms with van der Waals surface area (Å²) in [6.07, 6.45) is 3.13. The molecule has 0 atom stereocenters. The molecule has 6 heteroatoms. The molecule has 0 saturated carbocycles. The Morgan fingerprint density at radius 2 is 1.70 bits per heavy atom. The van der Waals surface area contributed by atoms with Crippen molar-refractivity contribution >= 4 is 22.9 Å². The Labute approximate surface area is 176 Å². The minimum Gasteiger partial charge on any atom is -0.503 e. The zero-order chi connectivity index (χ0) is 21.3. The van der Waals surface area contributed by atoms with Crippen molar-refractivity contribution < 1.29 is 19.0 Å². The molecule has 1 aromatic heterocycles. The van der Waals surface area contributed by atoms with Gasteiger partial charge in [0, 0.05) is 18.8 Å². The van der Waals surface area contributed by atoms with Gasteiger partial charge in [0.15, 0.2) is 0 Å². The summed E-state index contributed by atoms with van der Waals surface area (Å²) in [5.74, 6) is 0.0149. The van der Waals surface area contributed by atoms with E-state index >= 15 is 0 Å². The zero-order valence-corrected chi connectivity index (χ0v) is 17.2. The average Bonchev–Trinajstić information content (AvgIpc) is 2.81. The Bertz CT molecular complexity index is 1000. The Morgan fingerprint density at radius 3 is 2.37 bits per heavy atom. The van der Waals surface area contributed by atoms with Gasteiger partial charge in [0.25, 0.3) is 0 Å². The number of aromatic nitrogens is 1. The monoisotopic (exact) mass is 404 g/mol. The van der Waals surface area contributed by atoms with E-state index in [0.29, 0.717) is 17.0 Å². The van der Waals surface area contributed by atoms with Crippen LogP contribution in [-0.4, -0.2) is 32.2 Å². The Morgan fingerprint density at radius 1 is 0.967 bits per heavy atom. The number of hydrogen-bond donors (Lipinski definition) is 0. The molecule has 0 fully saturated rings. The van der Waals surface area contributed by atoms with Crippen molar-refractivity contribution in [2.24, 2.45) is 0 Å². The van der Waals surface area contributed by atoms with Gasteiger partial charge in [-0.25, -0.2) is 9.78 Å². The number of nitrogens with zero attached hydrogens (tertiary/aromatic N) is 2. The average molecular weight is 404 g/mol. The lowest BCUT2D eigenvalue weighted by Crippen LogP contribution is -2.10. The first-order valence-electron chi connectivity index (χ1n) is 9.41. The van der Waals surface area contributed by atoms with Crippen LogP contribution >= 0.6 is 0 Å². The molecular weight excluding hydrogens is 380 g/mol. The maximum absolute atomic E-state index is 12.1. The number of ether oxygens (including phenoxy) is 3. The second-order valence-electron chi connectivity index (χ2n) is 6.45. The van der Waals surface area contributed by atoms with Gasteiger partial charge < -0.3 is 19.1 Å². The summed E-state index contributed by atoms with van der Waals surface area (Å²) in [6.45, 7) is 0.245. The first-order chi connectivity index (χ1) is 14.6. The maximum atomic E-state index is 12.1. The van der Waals surface area contributed by atoms with E-state index in [4.69, 9.17) is 14.2 Å². The molecule has 0 N–H and O–H groups in total. The third kappa shape index (κ3) is 4.97. The molecule has 30 heavy (non-hydrogen) atoms. The van der Waals surface area contributed by atoms with Crippen LogP contribution in [-0.2, 0) is 20.9 Å². The molecule has 3 aromatic rings. The summed E-state index contributed by atoms with van der Waals surface area (Å²) in [5, 5.41) is 0. The molecule has 0 aliphatic rings. The van der Waals surface area contributed by atoms with E-state index in [9.17, 15) is 4.79 Å². The lowest BCUT2D eigenvalue weighted by molar-refractivity contribution is -0.133. The number of hydrogen-bond acceptors (Lipinski definition) is 6. The number of benzene rings is 2. The first kappa shape index (κ1) is 20.9. The van der Waals surface area contributed by atoms with E-state index in [1.165, 1.54) is 20.5 Å². The molecule has 0 aliphatic heterocycles. The highest BCUT2D eigenvalue weighted by atomic mass is 16.5. The number of anilines is 2. The van der Waals surface area contributed by atoms with Gasteiger partial charge >= 0.3 is 5.97 Å². The normalized spacial score (nSPS) is 11.0. The van der Waals surface area contributed by atoms with Crippen LogP contribution in [0.15, 0.2) is 79.2 Å². The SMILES string of the molecule is CO/C=C(/C(=O)OC)c1ccccc1COc1ccc(N(C)c2ccccc2)cn1. The predicted octanol–water partition coefficient (Wildman–Crippen LogP) is 4.59. The van der Waals surface area contributed by atoms with Gasteiger partial charge in [-0.05, 0) is 29.3 Å². The van der Waals surface area contributed by atoms with Crippen molar-refractivity contribution in [2.45, 2.75) is 6.61 Å². The Hall–Kier alpha value is -3.80. The first-order valence-corrected chi connectivity index (χ1v) is 9.41. The standard InChI is InChI=1S/C24H24N2O4/c1-26(19-10-5-4-6-11-19)20-13-14-23(25-15-20)30-16-18-9-7-8-12-21(18)22(17-28-2)24(27)29-3/h4-15,17H,16H2,1-3H3/b22-17+. The van der Waals surface area contributed by atoms with Crippen molar-refractivity contribution in [1.29, 1.82) is 0 Å². The third-order valence-corrected chi connectivity index (χ3v) is 4.58. The smallest absolute Gasteiger partial charge is 0.341 e. The number of esters is 1. The van der Waals surface area contributed by atoms with Crippen LogP contribution in [0.1, 0.15) is 11.1 Å². The molecule has 2 aromatic carbocycles. The highest BCUT2D eigenvalue weighted by Crippen LogP contribution is 2.25. The van der Waals surface area contributed by atoms with Crippen LogP contribution in [0.5, 0.6) is 5.88 Å². The van der Waals surface area contributed by atoms with Gasteiger partial charge in [-0.3, -0.25) is 0 Å². The Balaban J connectivity index is 1.73. The van der Waals surface area contributed by atoms with Crippen LogP contribution in [0.2, 0.25) is 0 Å². The van der Waals surface area contributed by atoms with Crippen LogP contribution in [0.25, 0.3) is 5.57 Å². The summed E-state index contributed by atoms with van der Waals surface area (Å²) in [6, 6.07) is 21.3. The van der Waals surface area contributed by atoms with E-state index in [1.54, 1.807) is 6.20 Å². The molecule has 1 heterocycles. The molecule has 0 saturated heterocycles. The topological polar surface area (TPSA) is 60.9 Å². The number of para-hydroxylation sites is 1. The number of rotatable bonds is 8. The van der Waals surface area contributed by atoms with Gasteiger partial charge in [-0.15, -0.1) is 0 Å². The van der Waals surface area contributed by atoms with Crippen molar-refractivity contribution in [1.82, 2.24) is 4.98 Å². The summed E-state index contributed by atoms with van der Waals surface area (Å²) < 4.78 is 15.8. The molecule has 0 bridgehead atoms. The fourth-order valence-corrected chi connectivity index (χ4v) is 2.97. The number of carbonyl (C=O) groups is 1. The molecule has 6 nitrogen and oxygen atoms in total. The van der Waals surface area contributed by atoms with Crippen LogP contribution in [0, 0.1) is 0 Å². The maximum Gasteiger partial charge on any atom is 0.341 e. The zero-order valence-electron chi connectivity index (χ0n) is 17.2. The van der Waals surface area contributed by atoms with Crippen molar-refractivity contribution in [2.75, 3.05) is 26.2 Å². The third-order valence-electron chi connectivity index (χ3n) is 4.58. The van der Waals surface area contributed by atoms with Gasteiger partial charge in [-0.2, -0.15) is 0 Å². The number of carbonyl (C=O) groups excluding carboxylic acids is 1. The lowest BCUT2D eigenvalue weighted by atomic mass is 10.0. The van der Waals surface area contributed by atoms with Gasteiger partial charge in [0.2, 0.25) is 5.88 Å². The quantitative estimate of drug-likeness (QED) is 0.311. The lowest BCUT2D eigenvalue weighted by Gasteiger charge is -2.19. The highest BCUT2D eigenvalue weighted by molar-refractivity contribution is 6.16. The van der Waals surface area contributed by atoms with Crippen LogP contribution in [0.4, 0.5) is 11.4 Å². The second-order valence-corrected chi connectivity index (χ2v) is 6.45. The molecule has 0 unspecified atom stereocenters. The number of pyridine rings is 1. The van der Waals surface area contributed by atoms with E-state index in [0.717, 1.165) is 16.9 Å². The molecule has 0 aliphatic carbocycles. The largest absolute Gasteiger partial charge is 0.503 e. The summed E-state index contributed by atoms with van der Waals surface area (Å²) >= 11 is 0. The summed E-state index contributed by atoms with van der Waals surface area (Å²) in [5.41, 5.74) is 3.85. The van der Waals surface area contributed by atoms with Gasteiger partial charge in [0.05, 0.1) is 32.4 Å². The summed E-state index contributed by atoms with van der Waals surface area (Å²) in [7, 11) is 4.81. The summed E-state index contributed by atoms with van der Waals surface area (Å²) in [4.78, 5) is 18.6. The molecule has 0 amide bonds. The fourth-order valence-electron chi connectivity index (χ4n) is 2.97. The van der Waals surface area contributed by atoms with Crippen molar-refractivity contribution in [3.05, 3.63) is 90.3 Å². The molecule has 3 rings (SSSR count). The van der Waals surface area contributed by atoms with Crippen molar-refractivity contribution in [3.8, 4) is 5.88 Å². The second kappa shape index (κ2) is 10.1. The van der Waals surface area contributed by atoms with E-state index in [1.807, 2.05) is 78.7 Å². The Kier molecular flexibility index (Phi) is 7.05. The molecule has 0 radical (unpaired) electrons. The number of methoxy groups -OCH3 is 2. The van der Waals surface area contributed by atoms with E-state index in [-0.39, 0.29) is 6.61 Å². The van der Waals surface area contributed by atoms with Gasteiger partial charge in [0.1, 0.15) is 12.2 Å². The van der Waals surface area contributed by atoms with Crippen LogP contribution in [0.3, 0.4) is 0 Å². The molecule has 0 spiro atoms. The molecular formula is C24H24N2O4. The van der Waals surface area contributed by atoms with Crippen LogP contribution < -0.4 is 9.64 Å². The van der Waals surface area contributed by atoms with Crippen molar-refractivity contribution in [3.63, 3.8) is 0 Å². The minimum absolute atomic E-state index is 0.245.